The van der Waals surface area contributed by atoms with E-state index in [1.165, 1.54) is 17.4 Å². The van der Waals surface area contributed by atoms with Gasteiger partial charge in [0, 0.05) is 6.07 Å². The number of benzene rings is 1. The summed E-state index contributed by atoms with van der Waals surface area (Å²) in [6, 6.07) is 3.08. The minimum Gasteiger partial charge on any atom is -0.258 e. The summed E-state index contributed by atoms with van der Waals surface area (Å²) in [5.74, 6) is 0. The van der Waals surface area contributed by atoms with Crippen molar-refractivity contribution in [3.8, 4) is 0 Å². The first-order chi connectivity index (χ1) is 6.59. The number of hydrogen-bond acceptors (Lipinski definition) is 4. The maximum atomic E-state index is 10.6. The van der Waals surface area contributed by atoms with E-state index in [1.807, 2.05) is 6.92 Å². The lowest BCUT2D eigenvalue weighted by Gasteiger charge is -1.94. The predicted molar refractivity (Wildman–Crippen MR) is 56.0 cm³/mol. The molecule has 0 amide bonds. The van der Waals surface area contributed by atoms with Crippen molar-refractivity contribution in [2.75, 3.05) is 0 Å². The molecule has 14 heavy (non-hydrogen) atoms. The van der Waals surface area contributed by atoms with E-state index < -0.39 is 4.92 Å². The fraction of sp³-hybridized carbons (Fsp3) is 0.125. The van der Waals surface area contributed by atoms with Gasteiger partial charge in [-0.15, -0.1) is 11.3 Å². The van der Waals surface area contributed by atoms with Crippen LogP contribution in [0.15, 0.2) is 12.1 Å². The Morgan fingerprint density at radius 2 is 2.29 bits per heavy atom. The molecule has 1 aromatic carbocycles. The molecule has 4 nitrogen and oxygen atoms in total. The van der Waals surface area contributed by atoms with Gasteiger partial charge in [0.05, 0.1) is 14.6 Å². The van der Waals surface area contributed by atoms with Crippen LogP contribution in [0.3, 0.4) is 0 Å². The third-order valence-electron chi connectivity index (χ3n) is 1.78. The second kappa shape index (κ2) is 3.18. The molecule has 0 atom stereocenters. The van der Waals surface area contributed by atoms with Gasteiger partial charge in [0.1, 0.15) is 10.5 Å². The molecule has 1 heterocycles. The van der Waals surface area contributed by atoms with Crippen LogP contribution >= 0.6 is 22.9 Å². The van der Waals surface area contributed by atoms with Crippen LogP contribution in [0.25, 0.3) is 10.2 Å². The van der Waals surface area contributed by atoms with Gasteiger partial charge in [-0.3, -0.25) is 10.1 Å². The normalized spacial score (nSPS) is 10.7. The molecule has 0 radical (unpaired) electrons. The fourth-order valence-electron chi connectivity index (χ4n) is 1.20. The van der Waals surface area contributed by atoms with Crippen molar-refractivity contribution < 1.29 is 4.92 Å². The number of fused-ring (bicyclic) bond motifs is 1. The van der Waals surface area contributed by atoms with Crippen LogP contribution in [0.1, 0.15) is 5.01 Å². The van der Waals surface area contributed by atoms with Crippen LogP contribution < -0.4 is 0 Å². The van der Waals surface area contributed by atoms with Gasteiger partial charge in [-0.05, 0) is 13.0 Å². The Kier molecular flexibility index (Phi) is 2.13. The molecule has 0 aliphatic carbocycles. The molecule has 72 valence electrons. The lowest BCUT2D eigenvalue weighted by molar-refractivity contribution is -0.384. The van der Waals surface area contributed by atoms with E-state index in [1.54, 1.807) is 6.07 Å². The van der Waals surface area contributed by atoms with Crippen molar-refractivity contribution in [2.45, 2.75) is 6.92 Å². The first-order valence-corrected chi connectivity index (χ1v) is 4.99. The van der Waals surface area contributed by atoms with Crippen molar-refractivity contribution in [2.24, 2.45) is 0 Å². The summed E-state index contributed by atoms with van der Waals surface area (Å²) in [4.78, 5) is 14.2. The standard InChI is InChI=1S/C8H5ClN2O2S/c1-4-10-8-6(14-4)3-2-5(7(8)9)11(12)13/h2-3H,1H3. The maximum Gasteiger partial charge on any atom is 0.290 e. The molecular formula is C8H5ClN2O2S. The molecule has 0 aliphatic heterocycles. The lowest BCUT2D eigenvalue weighted by atomic mass is 10.3. The molecule has 1 aromatic heterocycles. The minimum absolute atomic E-state index is 0.0931. The van der Waals surface area contributed by atoms with Crippen molar-refractivity contribution >= 4 is 38.8 Å². The highest BCUT2D eigenvalue weighted by Gasteiger charge is 2.17. The van der Waals surface area contributed by atoms with Crippen molar-refractivity contribution in [3.05, 3.63) is 32.3 Å². The summed E-state index contributed by atoms with van der Waals surface area (Å²) in [6.07, 6.45) is 0. The van der Waals surface area contributed by atoms with Gasteiger partial charge in [-0.1, -0.05) is 11.6 Å². The van der Waals surface area contributed by atoms with Crippen LogP contribution in [0.2, 0.25) is 5.02 Å². The molecule has 0 bridgehead atoms. The lowest BCUT2D eigenvalue weighted by Crippen LogP contribution is -1.88. The first kappa shape index (κ1) is 9.36. The summed E-state index contributed by atoms with van der Waals surface area (Å²) in [5.41, 5.74) is 0.424. The van der Waals surface area contributed by atoms with E-state index in [4.69, 9.17) is 11.6 Å². The molecule has 0 aliphatic rings. The number of thiazole rings is 1. The Bertz CT molecular complexity index is 523. The minimum atomic E-state index is -0.504. The van der Waals surface area contributed by atoms with E-state index in [9.17, 15) is 10.1 Å². The second-order valence-corrected chi connectivity index (χ2v) is 4.35. The van der Waals surface area contributed by atoms with E-state index in [-0.39, 0.29) is 10.7 Å². The van der Waals surface area contributed by atoms with Gasteiger partial charge in [-0.25, -0.2) is 4.98 Å². The second-order valence-electron chi connectivity index (χ2n) is 2.74. The van der Waals surface area contributed by atoms with Gasteiger partial charge in [0.15, 0.2) is 0 Å². The van der Waals surface area contributed by atoms with Crippen LogP contribution in [0, 0.1) is 17.0 Å². The zero-order valence-electron chi connectivity index (χ0n) is 7.15. The van der Waals surface area contributed by atoms with E-state index in [2.05, 4.69) is 4.98 Å². The van der Waals surface area contributed by atoms with Crippen LogP contribution in [-0.2, 0) is 0 Å². The van der Waals surface area contributed by atoms with Crippen molar-refractivity contribution in [1.29, 1.82) is 0 Å². The third kappa shape index (κ3) is 1.34. The smallest absolute Gasteiger partial charge is 0.258 e. The highest BCUT2D eigenvalue weighted by atomic mass is 35.5. The number of aromatic nitrogens is 1. The summed E-state index contributed by atoms with van der Waals surface area (Å²) < 4.78 is 0.873. The molecular weight excluding hydrogens is 224 g/mol. The number of hydrogen-bond donors (Lipinski definition) is 0. The average Bonchev–Trinajstić information content (AvgIpc) is 2.46. The molecule has 0 unspecified atom stereocenters. The van der Waals surface area contributed by atoms with Crippen molar-refractivity contribution in [1.82, 2.24) is 4.98 Å². The molecule has 2 aromatic rings. The van der Waals surface area contributed by atoms with Gasteiger partial charge in [-0.2, -0.15) is 0 Å². The van der Waals surface area contributed by atoms with E-state index >= 15 is 0 Å². The molecule has 2 rings (SSSR count). The number of aryl methyl sites for hydroxylation is 1. The van der Waals surface area contributed by atoms with Crippen LogP contribution in [-0.4, -0.2) is 9.91 Å². The maximum absolute atomic E-state index is 10.6. The summed E-state index contributed by atoms with van der Waals surface area (Å²) in [7, 11) is 0. The monoisotopic (exact) mass is 228 g/mol. The number of rotatable bonds is 1. The van der Waals surface area contributed by atoms with E-state index in [0.29, 0.717) is 5.52 Å². The molecule has 6 heteroatoms. The largest absolute Gasteiger partial charge is 0.290 e. The fourth-order valence-corrected chi connectivity index (χ4v) is 2.37. The number of nitrogens with zero attached hydrogens (tertiary/aromatic N) is 2. The summed E-state index contributed by atoms with van der Waals surface area (Å²) >= 11 is 7.32. The molecule has 0 saturated carbocycles. The SMILES string of the molecule is Cc1nc2c(Cl)c([N+](=O)[O-])ccc2s1. The summed E-state index contributed by atoms with van der Waals surface area (Å²) in [5, 5.41) is 11.5. The van der Waals surface area contributed by atoms with Crippen LogP contribution in [0.4, 0.5) is 5.69 Å². The number of nitro benzene ring substituents is 1. The third-order valence-corrected chi connectivity index (χ3v) is 3.09. The Morgan fingerprint density at radius 1 is 1.57 bits per heavy atom. The van der Waals surface area contributed by atoms with Gasteiger partial charge < -0.3 is 0 Å². The van der Waals surface area contributed by atoms with Gasteiger partial charge >= 0.3 is 0 Å². The predicted octanol–water partition coefficient (Wildman–Crippen LogP) is 3.17. The molecule has 0 N–H and O–H groups in total. The Labute approximate surface area is 88.3 Å². The Morgan fingerprint density at radius 3 is 2.93 bits per heavy atom. The number of halogens is 1. The van der Waals surface area contributed by atoms with Gasteiger partial charge in [0.25, 0.3) is 5.69 Å². The first-order valence-electron chi connectivity index (χ1n) is 3.79. The zero-order chi connectivity index (χ0) is 10.3. The molecule has 0 spiro atoms. The summed E-state index contributed by atoms with van der Waals surface area (Å²) in [6.45, 7) is 1.84. The van der Waals surface area contributed by atoms with E-state index in [0.717, 1.165) is 9.71 Å². The quantitative estimate of drug-likeness (QED) is 0.556. The Hall–Kier alpha value is -1.20. The van der Waals surface area contributed by atoms with Crippen molar-refractivity contribution in [3.63, 3.8) is 0 Å². The molecule has 0 fully saturated rings. The number of nitro groups is 1. The Balaban J connectivity index is 2.80. The molecule has 0 saturated heterocycles. The highest BCUT2D eigenvalue weighted by molar-refractivity contribution is 7.18. The average molecular weight is 229 g/mol. The van der Waals surface area contributed by atoms with Gasteiger partial charge in [0.2, 0.25) is 0 Å². The highest BCUT2D eigenvalue weighted by Crippen LogP contribution is 2.34. The van der Waals surface area contributed by atoms with Crippen LogP contribution in [0.5, 0.6) is 0 Å². The topological polar surface area (TPSA) is 56.0 Å². The zero-order valence-corrected chi connectivity index (χ0v) is 8.72.